The van der Waals surface area contributed by atoms with Gasteiger partial charge in [0.1, 0.15) is 0 Å². The summed E-state index contributed by atoms with van der Waals surface area (Å²) in [6.45, 7) is 2.45. The zero-order chi connectivity index (χ0) is 25.9. The van der Waals surface area contributed by atoms with Crippen LogP contribution < -0.4 is 10.0 Å². The second-order valence-electron chi connectivity index (χ2n) is 8.56. The maximum absolute atomic E-state index is 13.0. The number of benzene rings is 2. The molecule has 1 fully saturated rings. The van der Waals surface area contributed by atoms with Gasteiger partial charge in [0.15, 0.2) is 17.4 Å². The van der Waals surface area contributed by atoms with E-state index >= 15 is 0 Å². The van der Waals surface area contributed by atoms with E-state index in [1.807, 2.05) is 37.3 Å². The van der Waals surface area contributed by atoms with Crippen LogP contribution in [0, 0.1) is 5.92 Å². The summed E-state index contributed by atoms with van der Waals surface area (Å²) in [6.07, 6.45) is 1.27. The summed E-state index contributed by atoms with van der Waals surface area (Å²) < 4.78 is 30.4. The largest absolute Gasteiger partial charge is 0.505 e. The van der Waals surface area contributed by atoms with Crippen LogP contribution >= 0.6 is 0 Å². The molecule has 2 aromatic carbocycles. The summed E-state index contributed by atoms with van der Waals surface area (Å²) in [5.41, 5.74) is 0.997. The molecule has 1 amide bonds. The van der Waals surface area contributed by atoms with Gasteiger partial charge in [-0.25, -0.2) is 4.72 Å². The smallest absolute Gasteiger partial charge is 0.345 e. The Bertz CT molecular complexity index is 1320. The molecule has 12 heteroatoms. The Labute approximate surface area is 208 Å². The number of para-hydroxylation sites is 1. The quantitative estimate of drug-likeness (QED) is 0.432. The van der Waals surface area contributed by atoms with Crippen molar-refractivity contribution in [3.05, 3.63) is 59.7 Å². The SMILES string of the molecule is CC[C@@H](N=C1NS(=O)(=O)N=C1Nc1cccc(C(=O)N2CCC(C(=O)O)CC2)c1O)c1ccccc1. The minimum Gasteiger partial charge on any atom is -0.505 e. The minimum atomic E-state index is -4.03. The van der Waals surface area contributed by atoms with Crippen molar-refractivity contribution >= 4 is 39.4 Å². The van der Waals surface area contributed by atoms with E-state index in [1.54, 1.807) is 6.07 Å². The molecule has 2 heterocycles. The Balaban J connectivity index is 1.57. The predicted octanol–water partition coefficient (Wildman–Crippen LogP) is 2.54. The Morgan fingerprint density at radius 1 is 1.17 bits per heavy atom. The number of aliphatic carboxylic acids is 1. The molecule has 0 aromatic heterocycles. The molecule has 4 rings (SSSR count). The van der Waals surface area contributed by atoms with Gasteiger partial charge < -0.3 is 20.4 Å². The molecule has 0 bridgehead atoms. The van der Waals surface area contributed by atoms with E-state index in [2.05, 4.69) is 19.4 Å². The lowest BCUT2D eigenvalue weighted by Crippen LogP contribution is -2.40. The Morgan fingerprint density at radius 3 is 2.50 bits per heavy atom. The number of rotatable bonds is 6. The van der Waals surface area contributed by atoms with Gasteiger partial charge >= 0.3 is 16.2 Å². The number of aromatic hydroxyl groups is 1. The van der Waals surface area contributed by atoms with Crippen molar-refractivity contribution in [3.63, 3.8) is 0 Å². The fraction of sp³-hybridized carbons (Fsp3) is 0.333. The highest BCUT2D eigenvalue weighted by Gasteiger charge is 2.31. The van der Waals surface area contributed by atoms with Gasteiger partial charge in [0.25, 0.3) is 5.91 Å². The number of amidine groups is 2. The lowest BCUT2D eigenvalue weighted by molar-refractivity contribution is -0.143. The molecule has 2 aliphatic heterocycles. The standard InChI is InChI=1S/C24H27N5O6S/c1-2-18(15-7-4-3-5-8-15)25-21-22(28-36(34,35)27-21)26-19-10-6-9-17(20(19)30)23(31)29-13-11-16(12-14-29)24(32)33/h3-10,16,18,30H,2,11-14H2,1H3,(H,25,27)(H,26,28)(H,32,33)/t18-/m1/s1. The van der Waals surface area contributed by atoms with E-state index in [1.165, 1.54) is 17.0 Å². The molecule has 36 heavy (non-hydrogen) atoms. The van der Waals surface area contributed by atoms with E-state index in [4.69, 9.17) is 5.11 Å². The molecule has 0 unspecified atom stereocenters. The van der Waals surface area contributed by atoms with Crippen LogP contribution in [0.3, 0.4) is 0 Å². The van der Waals surface area contributed by atoms with Crippen molar-refractivity contribution in [2.75, 3.05) is 18.4 Å². The van der Waals surface area contributed by atoms with Crippen molar-refractivity contribution in [1.82, 2.24) is 9.62 Å². The average Bonchev–Trinajstić information content (AvgIpc) is 3.16. The number of carbonyl (C=O) groups excluding carboxylic acids is 1. The number of hydrogen-bond acceptors (Lipinski definition) is 7. The summed E-state index contributed by atoms with van der Waals surface area (Å²) in [5, 5.41) is 22.8. The van der Waals surface area contributed by atoms with Gasteiger partial charge in [-0.1, -0.05) is 43.3 Å². The first-order chi connectivity index (χ1) is 17.2. The highest BCUT2D eigenvalue weighted by Crippen LogP contribution is 2.31. The molecule has 2 aliphatic rings. The van der Waals surface area contributed by atoms with Crippen molar-refractivity contribution < 1.29 is 28.2 Å². The third-order valence-electron chi connectivity index (χ3n) is 6.17. The second-order valence-corrected chi connectivity index (χ2v) is 9.90. The minimum absolute atomic E-state index is 0.00224. The Hall–Kier alpha value is -3.93. The van der Waals surface area contributed by atoms with Crippen LogP contribution in [-0.2, 0) is 15.0 Å². The molecular formula is C24H27N5O6S. The van der Waals surface area contributed by atoms with Gasteiger partial charge in [0.2, 0.25) is 0 Å². The first kappa shape index (κ1) is 25.2. The number of nitrogens with zero attached hydrogens (tertiary/aromatic N) is 3. The van der Waals surface area contributed by atoms with E-state index in [-0.39, 0.29) is 47.8 Å². The number of anilines is 1. The van der Waals surface area contributed by atoms with Crippen LogP contribution in [0.2, 0.25) is 0 Å². The summed E-state index contributed by atoms with van der Waals surface area (Å²) >= 11 is 0. The number of hydrogen-bond donors (Lipinski definition) is 4. The van der Waals surface area contributed by atoms with Crippen LogP contribution in [0.15, 0.2) is 57.9 Å². The first-order valence-corrected chi connectivity index (χ1v) is 13.0. The van der Waals surface area contributed by atoms with Crippen molar-refractivity contribution in [2.24, 2.45) is 15.3 Å². The number of phenolic OH excluding ortho intramolecular Hbond substituents is 1. The van der Waals surface area contributed by atoms with Gasteiger partial charge in [-0.15, -0.1) is 4.40 Å². The summed E-state index contributed by atoms with van der Waals surface area (Å²) in [4.78, 5) is 30.3. The maximum Gasteiger partial charge on any atom is 0.345 e. The highest BCUT2D eigenvalue weighted by molar-refractivity contribution is 7.89. The normalized spacial score (nSPS) is 19.4. The molecule has 0 spiro atoms. The molecule has 1 saturated heterocycles. The summed E-state index contributed by atoms with van der Waals surface area (Å²) in [7, 11) is -4.03. The van der Waals surface area contributed by atoms with Gasteiger partial charge in [0, 0.05) is 13.1 Å². The van der Waals surface area contributed by atoms with Crippen LogP contribution in [0.25, 0.3) is 0 Å². The fourth-order valence-electron chi connectivity index (χ4n) is 4.20. The van der Waals surface area contributed by atoms with Crippen LogP contribution in [-0.4, -0.2) is 60.2 Å². The summed E-state index contributed by atoms with van der Waals surface area (Å²) in [6, 6.07) is 13.6. The molecule has 0 aliphatic carbocycles. The van der Waals surface area contributed by atoms with E-state index < -0.39 is 28.0 Å². The predicted molar refractivity (Wildman–Crippen MR) is 134 cm³/mol. The van der Waals surface area contributed by atoms with E-state index in [0.717, 1.165) is 5.56 Å². The Kier molecular flexibility index (Phi) is 7.25. The highest BCUT2D eigenvalue weighted by atomic mass is 32.2. The lowest BCUT2D eigenvalue weighted by atomic mass is 9.96. The van der Waals surface area contributed by atoms with Crippen LogP contribution in [0.5, 0.6) is 5.75 Å². The molecule has 4 N–H and O–H groups in total. The molecule has 0 saturated carbocycles. The van der Waals surface area contributed by atoms with Crippen LogP contribution in [0.1, 0.15) is 48.1 Å². The zero-order valence-electron chi connectivity index (χ0n) is 19.6. The number of likely N-dealkylation sites (tertiary alicyclic amines) is 1. The van der Waals surface area contributed by atoms with E-state index in [9.17, 15) is 23.1 Å². The molecule has 11 nitrogen and oxygen atoms in total. The molecule has 2 aromatic rings. The number of carbonyl (C=O) groups is 2. The number of phenols is 1. The topological polar surface area (TPSA) is 161 Å². The van der Waals surface area contributed by atoms with Gasteiger partial charge in [-0.05, 0) is 37.0 Å². The third kappa shape index (κ3) is 5.48. The van der Waals surface area contributed by atoms with E-state index in [0.29, 0.717) is 19.3 Å². The van der Waals surface area contributed by atoms with Gasteiger partial charge in [-0.2, -0.15) is 8.42 Å². The van der Waals surface area contributed by atoms with Crippen molar-refractivity contribution in [3.8, 4) is 5.75 Å². The molecule has 190 valence electrons. The lowest BCUT2D eigenvalue weighted by Gasteiger charge is -2.30. The maximum atomic E-state index is 13.0. The molecular weight excluding hydrogens is 486 g/mol. The van der Waals surface area contributed by atoms with Crippen LogP contribution in [0.4, 0.5) is 5.69 Å². The first-order valence-electron chi connectivity index (χ1n) is 11.6. The Morgan fingerprint density at radius 2 is 1.86 bits per heavy atom. The van der Waals surface area contributed by atoms with Gasteiger partial charge in [0.05, 0.1) is 23.2 Å². The number of carboxylic acid groups (broad SMARTS) is 1. The van der Waals surface area contributed by atoms with Crippen molar-refractivity contribution in [2.45, 2.75) is 32.2 Å². The fourth-order valence-corrected chi connectivity index (χ4v) is 5.02. The van der Waals surface area contributed by atoms with Gasteiger partial charge in [-0.3, -0.25) is 14.6 Å². The number of nitrogens with one attached hydrogen (secondary N) is 2. The number of amides is 1. The third-order valence-corrected chi connectivity index (χ3v) is 7.04. The number of carboxylic acids is 1. The molecule has 0 radical (unpaired) electrons. The molecule has 1 atom stereocenters. The van der Waals surface area contributed by atoms with Crippen molar-refractivity contribution in [1.29, 1.82) is 0 Å². The second kappa shape index (κ2) is 10.4. The number of aliphatic imine (C=N–C) groups is 1. The monoisotopic (exact) mass is 513 g/mol. The number of piperidine rings is 1. The summed E-state index contributed by atoms with van der Waals surface area (Å²) in [5.74, 6) is -2.30. The average molecular weight is 514 g/mol. The zero-order valence-corrected chi connectivity index (χ0v) is 20.4.